The minimum atomic E-state index is -4.47. The van der Waals surface area contributed by atoms with Gasteiger partial charge in [0.05, 0.1) is 17.3 Å². The van der Waals surface area contributed by atoms with Crippen LogP contribution in [0.25, 0.3) is 0 Å². The maximum atomic E-state index is 12.9. The number of carbonyl (C=O) groups is 1. The Labute approximate surface area is 148 Å². The molecule has 1 saturated heterocycles. The largest absolute Gasteiger partial charge is 0.416 e. The van der Waals surface area contributed by atoms with Crippen molar-refractivity contribution in [3.63, 3.8) is 0 Å². The van der Waals surface area contributed by atoms with Crippen molar-refractivity contribution >= 4 is 11.6 Å². The Morgan fingerprint density at radius 1 is 1.27 bits per heavy atom. The van der Waals surface area contributed by atoms with E-state index >= 15 is 0 Å². The van der Waals surface area contributed by atoms with Crippen LogP contribution in [-0.2, 0) is 6.18 Å². The molecule has 140 valence electrons. The Kier molecular flexibility index (Phi) is 4.99. The average molecular weight is 367 g/mol. The van der Waals surface area contributed by atoms with Gasteiger partial charge in [-0.15, -0.1) is 5.10 Å². The molecular weight excluding hydrogens is 347 g/mol. The summed E-state index contributed by atoms with van der Waals surface area (Å²) in [5.41, 5.74) is 0.572. The van der Waals surface area contributed by atoms with Gasteiger partial charge in [0.1, 0.15) is 0 Å². The summed E-state index contributed by atoms with van der Waals surface area (Å²) in [6.07, 6.45) is -2.70. The van der Waals surface area contributed by atoms with E-state index in [1.54, 1.807) is 18.5 Å². The fourth-order valence-corrected chi connectivity index (χ4v) is 3.06. The molecular formula is C17H20F3N5O. The van der Waals surface area contributed by atoms with E-state index in [-0.39, 0.29) is 17.4 Å². The number of nitrogens with one attached hydrogen (secondary N) is 2. The summed E-state index contributed by atoms with van der Waals surface area (Å²) >= 11 is 0. The molecule has 2 heterocycles. The van der Waals surface area contributed by atoms with E-state index in [1.807, 2.05) is 0 Å². The van der Waals surface area contributed by atoms with Crippen LogP contribution in [0.15, 0.2) is 18.2 Å². The number of aryl methyl sites for hydroxylation is 1. The minimum absolute atomic E-state index is 0.112. The van der Waals surface area contributed by atoms with Crippen LogP contribution in [0.2, 0.25) is 0 Å². The van der Waals surface area contributed by atoms with Gasteiger partial charge in [-0.25, -0.2) is 4.68 Å². The van der Waals surface area contributed by atoms with Crippen LogP contribution in [0.1, 0.15) is 46.2 Å². The number of hydrogen-bond donors (Lipinski definition) is 2. The molecule has 0 spiro atoms. The lowest BCUT2D eigenvalue weighted by atomic mass is 10.1. The predicted molar refractivity (Wildman–Crippen MR) is 90.0 cm³/mol. The fraction of sp³-hybridized carbons (Fsp3) is 0.471. The van der Waals surface area contributed by atoms with Crippen LogP contribution in [-0.4, -0.2) is 34.0 Å². The first-order chi connectivity index (χ1) is 12.3. The Morgan fingerprint density at radius 2 is 1.96 bits per heavy atom. The number of piperidine rings is 1. The van der Waals surface area contributed by atoms with E-state index in [9.17, 15) is 18.0 Å². The lowest BCUT2D eigenvalue weighted by Crippen LogP contribution is -2.30. The molecule has 1 aliphatic rings. The second-order valence-electron chi connectivity index (χ2n) is 6.43. The SMILES string of the molecule is Cc1ccc(C(F)(F)F)cc1NC(=O)c1nnn(C2CCNCC2)c1C. The summed E-state index contributed by atoms with van der Waals surface area (Å²) in [5.74, 6) is -0.565. The number of aromatic nitrogens is 3. The molecule has 1 aromatic heterocycles. The number of amides is 1. The summed E-state index contributed by atoms with van der Waals surface area (Å²) < 4.78 is 40.4. The second kappa shape index (κ2) is 7.06. The fourth-order valence-electron chi connectivity index (χ4n) is 3.06. The van der Waals surface area contributed by atoms with Crippen LogP contribution >= 0.6 is 0 Å². The van der Waals surface area contributed by atoms with Gasteiger partial charge in [-0.3, -0.25) is 4.79 Å². The van der Waals surface area contributed by atoms with Crippen molar-refractivity contribution in [2.45, 2.75) is 38.9 Å². The van der Waals surface area contributed by atoms with Crippen LogP contribution in [0, 0.1) is 13.8 Å². The van der Waals surface area contributed by atoms with Crippen LogP contribution in [0.3, 0.4) is 0 Å². The molecule has 0 atom stereocenters. The summed E-state index contributed by atoms with van der Waals surface area (Å²) in [4.78, 5) is 12.5. The molecule has 1 aromatic carbocycles. The molecule has 6 nitrogen and oxygen atoms in total. The van der Waals surface area contributed by atoms with Gasteiger partial charge >= 0.3 is 6.18 Å². The quantitative estimate of drug-likeness (QED) is 0.875. The number of anilines is 1. The third-order valence-corrected chi connectivity index (χ3v) is 4.61. The highest BCUT2D eigenvalue weighted by Crippen LogP contribution is 2.32. The Morgan fingerprint density at radius 3 is 2.62 bits per heavy atom. The summed E-state index contributed by atoms with van der Waals surface area (Å²) in [5, 5.41) is 13.8. The normalized spacial score (nSPS) is 15.9. The van der Waals surface area contributed by atoms with E-state index in [0.717, 1.165) is 38.1 Å². The average Bonchev–Trinajstić information content (AvgIpc) is 2.98. The first-order valence-corrected chi connectivity index (χ1v) is 8.39. The predicted octanol–water partition coefficient (Wildman–Crippen LogP) is 3.09. The minimum Gasteiger partial charge on any atom is -0.320 e. The van der Waals surface area contributed by atoms with Gasteiger partial charge in [0.15, 0.2) is 5.69 Å². The number of nitrogens with zero attached hydrogens (tertiary/aromatic N) is 3. The van der Waals surface area contributed by atoms with E-state index in [1.165, 1.54) is 6.07 Å². The van der Waals surface area contributed by atoms with E-state index in [2.05, 4.69) is 20.9 Å². The zero-order valence-electron chi connectivity index (χ0n) is 14.5. The molecule has 0 unspecified atom stereocenters. The third kappa shape index (κ3) is 3.72. The van der Waals surface area contributed by atoms with E-state index < -0.39 is 17.6 Å². The first-order valence-electron chi connectivity index (χ1n) is 8.39. The molecule has 0 bridgehead atoms. The topological polar surface area (TPSA) is 71.8 Å². The number of benzene rings is 1. The van der Waals surface area contributed by atoms with Gasteiger partial charge in [-0.05, 0) is 57.5 Å². The Balaban J connectivity index is 1.82. The second-order valence-corrected chi connectivity index (χ2v) is 6.43. The summed E-state index contributed by atoms with van der Waals surface area (Å²) in [6.45, 7) is 5.12. The van der Waals surface area contributed by atoms with Crippen molar-refractivity contribution < 1.29 is 18.0 Å². The number of alkyl halides is 3. The van der Waals surface area contributed by atoms with Gasteiger partial charge in [-0.1, -0.05) is 11.3 Å². The van der Waals surface area contributed by atoms with Crippen LogP contribution in [0.5, 0.6) is 0 Å². The number of hydrogen-bond acceptors (Lipinski definition) is 4. The molecule has 9 heteroatoms. The highest BCUT2D eigenvalue weighted by Gasteiger charge is 2.31. The van der Waals surface area contributed by atoms with Gasteiger partial charge in [0.2, 0.25) is 0 Å². The van der Waals surface area contributed by atoms with Crippen molar-refractivity contribution in [3.8, 4) is 0 Å². The van der Waals surface area contributed by atoms with Crippen molar-refractivity contribution in [1.82, 2.24) is 20.3 Å². The third-order valence-electron chi connectivity index (χ3n) is 4.61. The Hall–Kier alpha value is -2.42. The van der Waals surface area contributed by atoms with Gasteiger partial charge < -0.3 is 10.6 Å². The monoisotopic (exact) mass is 367 g/mol. The Bertz CT molecular complexity index is 809. The highest BCUT2D eigenvalue weighted by molar-refractivity contribution is 6.04. The maximum Gasteiger partial charge on any atom is 0.416 e. The summed E-state index contributed by atoms with van der Waals surface area (Å²) in [7, 11) is 0. The molecule has 1 aliphatic heterocycles. The zero-order valence-corrected chi connectivity index (χ0v) is 14.5. The molecule has 26 heavy (non-hydrogen) atoms. The zero-order chi connectivity index (χ0) is 18.9. The molecule has 1 fully saturated rings. The number of halogens is 3. The molecule has 1 amide bonds. The molecule has 2 N–H and O–H groups in total. The van der Waals surface area contributed by atoms with Crippen LogP contribution in [0.4, 0.5) is 18.9 Å². The molecule has 0 saturated carbocycles. The van der Waals surface area contributed by atoms with Gasteiger partial charge in [0.25, 0.3) is 5.91 Å². The molecule has 2 aromatic rings. The summed E-state index contributed by atoms with van der Waals surface area (Å²) in [6, 6.07) is 3.42. The van der Waals surface area contributed by atoms with Gasteiger partial charge in [0, 0.05) is 5.69 Å². The standard InChI is InChI=1S/C17H20F3N5O/c1-10-3-4-12(17(18,19)20)9-14(10)22-16(26)15-11(2)25(24-23-15)13-5-7-21-8-6-13/h3-4,9,13,21H,5-8H2,1-2H3,(H,22,26). The smallest absolute Gasteiger partial charge is 0.320 e. The van der Waals surface area contributed by atoms with Crippen molar-refractivity contribution in [3.05, 3.63) is 40.7 Å². The number of carbonyl (C=O) groups excluding carboxylic acids is 1. The molecule has 3 rings (SSSR count). The van der Waals surface area contributed by atoms with Crippen molar-refractivity contribution in [1.29, 1.82) is 0 Å². The van der Waals surface area contributed by atoms with E-state index in [0.29, 0.717) is 11.3 Å². The van der Waals surface area contributed by atoms with E-state index in [4.69, 9.17) is 0 Å². The molecule has 0 radical (unpaired) electrons. The highest BCUT2D eigenvalue weighted by atomic mass is 19.4. The van der Waals surface area contributed by atoms with Crippen LogP contribution < -0.4 is 10.6 Å². The van der Waals surface area contributed by atoms with Gasteiger partial charge in [-0.2, -0.15) is 13.2 Å². The maximum absolute atomic E-state index is 12.9. The lowest BCUT2D eigenvalue weighted by Gasteiger charge is -2.23. The first kappa shape index (κ1) is 18.4. The van der Waals surface area contributed by atoms with Crippen molar-refractivity contribution in [2.24, 2.45) is 0 Å². The molecule has 0 aliphatic carbocycles. The lowest BCUT2D eigenvalue weighted by molar-refractivity contribution is -0.137. The van der Waals surface area contributed by atoms with Crippen molar-refractivity contribution in [2.75, 3.05) is 18.4 Å². The number of rotatable bonds is 3.